The number of aromatic nitrogens is 2. The minimum Gasteiger partial charge on any atom is -0.464 e. The van der Waals surface area contributed by atoms with Gasteiger partial charge < -0.3 is 4.74 Å². The summed E-state index contributed by atoms with van der Waals surface area (Å²) in [5, 5.41) is 7.64. The van der Waals surface area contributed by atoms with E-state index in [9.17, 15) is 9.59 Å². The molecule has 0 N–H and O–H groups in total. The molecule has 0 amide bonds. The number of carbonyl (C=O) groups excluding carboxylic acids is 1. The molecule has 0 aliphatic rings. The van der Waals surface area contributed by atoms with Crippen LogP contribution < -0.4 is 5.56 Å². The topological polar surface area (TPSA) is 110 Å². The van der Waals surface area contributed by atoms with E-state index < -0.39 is 11.5 Å². The van der Waals surface area contributed by atoms with Crippen LogP contribution in [0.2, 0.25) is 5.02 Å². The van der Waals surface area contributed by atoms with Gasteiger partial charge in [0, 0.05) is 16.0 Å². The summed E-state index contributed by atoms with van der Waals surface area (Å²) >= 11 is 5.77. The predicted octanol–water partition coefficient (Wildman–Crippen LogP) is 2.61. The third-order valence-electron chi connectivity index (χ3n) is 2.51. The van der Waals surface area contributed by atoms with E-state index in [1.165, 1.54) is 0 Å². The number of nitrogens with zero attached hydrogens (tertiary/aromatic N) is 5. The second-order valence-corrected chi connectivity index (χ2v) is 4.22. The van der Waals surface area contributed by atoms with E-state index in [-0.39, 0.29) is 11.4 Å². The van der Waals surface area contributed by atoms with E-state index in [1.807, 2.05) is 0 Å². The lowest BCUT2D eigenvalue weighted by Gasteiger charge is -2.08. The number of methoxy groups -OCH3 is 1. The average molecular weight is 306 g/mol. The molecular weight excluding hydrogens is 298 g/mol. The van der Waals surface area contributed by atoms with E-state index >= 15 is 0 Å². The zero-order chi connectivity index (χ0) is 15.4. The van der Waals surface area contributed by atoms with Gasteiger partial charge in [-0.15, -0.1) is 0 Å². The fourth-order valence-corrected chi connectivity index (χ4v) is 1.71. The molecule has 0 spiro atoms. The van der Waals surface area contributed by atoms with Crippen molar-refractivity contribution in [3.8, 4) is 5.69 Å². The molecule has 0 saturated carbocycles. The van der Waals surface area contributed by atoms with E-state index in [0.717, 1.165) is 17.9 Å². The van der Waals surface area contributed by atoms with Crippen LogP contribution in [0.4, 0.5) is 5.69 Å². The van der Waals surface area contributed by atoms with Crippen molar-refractivity contribution >= 4 is 23.3 Å². The van der Waals surface area contributed by atoms with E-state index in [4.69, 9.17) is 17.1 Å². The molecule has 2 rings (SSSR count). The molecule has 0 aliphatic heterocycles. The molecule has 9 heteroatoms. The van der Waals surface area contributed by atoms with Gasteiger partial charge in [-0.05, 0) is 29.8 Å². The molecule has 0 saturated heterocycles. The van der Waals surface area contributed by atoms with Crippen molar-refractivity contribution in [2.75, 3.05) is 7.11 Å². The summed E-state index contributed by atoms with van der Waals surface area (Å²) in [6.07, 6.45) is 0. The van der Waals surface area contributed by atoms with Gasteiger partial charge in [0.1, 0.15) is 0 Å². The second kappa shape index (κ2) is 6.08. The van der Waals surface area contributed by atoms with Crippen LogP contribution in [0.5, 0.6) is 0 Å². The maximum absolute atomic E-state index is 12.0. The molecule has 0 bridgehead atoms. The Bertz CT molecular complexity index is 794. The van der Waals surface area contributed by atoms with Crippen LogP contribution in [0.3, 0.4) is 0 Å². The largest absolute Gasteiger partial charge is 0.464 e. The van der Waals surface area contributed by atoms with Crippen molar-refractivity contribution in [1.29, 1.82) is 0 Å². The molecule has 8 nitrogen and oxygen atoms in total. The monoisotopic (exact) mass is 305 g/mol. The lowest BCUT2D eigenvalue weighted by molar-refractivity contribution is 0.0593. The van der Waals surface area contributed by atoms with Gasteiger partial charge in [0.2, 0.25) is 0 Å². The summed E-state index contributed by atoms with van der Waals surface area (Å²) < 4.78 is 5.54. The van der Waals surface area contributed by atoms with Crippen molar-refractivity contribution in [3.05, 3.63) is 61.8 Å². The summed E-state index contributed by atoms with van der Waals surface area (Å²) in [5.74, 6) is -0.819. The average Bonchev–Trinajstić information content (AvgIpc) is 2.48. The Morgan fingerprint density at radius 3 is 2.67 bits per heavy atom. The third-order valence-corrected chi connectivity index (χ3v) is 2.77. The minimum atomic E-state index is -0.819. The Balaban J connectivity index is 2.68. The van der Waals surface area contributed by atoms with Crippen molar-refractivity contribution < 1.29 is 9.53 Å². The zero-order valence-electron chi connectivity index (χ0n) is 10.7. The second-order valence-electron chi connectivity index (χ2n) is 3.79. The highest BCUT2D eigenvalue weighted by atomic mass is 35.5. The van der Waals surface area contributed by atoms with Crippen LogP contribution in [-0.2, 0) is 4.74 Å². The third kappa shape index (κ3) is 3.02. The highest BCUT2D eigenvalue weighted by Gasteiger charge is 2.16. The molecule has 0 fully saturated rings. The van der Waals surface area contributed by atoms with E-state index in [2.05, 4.69) is 19.9 Å². The highest BCUT2D eigenvalue weighted by molar-refractivity contribution is 6.30. The Labute approximate surface area is 123 Å². The van der Waals surface area contributed by atoms with Gasteiger partial charge in [-0.1, -0.05) is 16.7 Å². The van der Waals surface area contributed by atoms with Gasteiger partial charge in [0.25, 0.3) is 5.56 Å². The Morgan fingerprint density at radius 1 is 1.43 bits per heavy atom. The molecule has 1 aromatic heterocycles. The number of hydrogen-bond acceptors (Lipinski definition) is 5. The zero-order valence-corrected chi connectivity index (χ0v) is 11.5. The normalized spacial score (nSPS) is 9.81. The lowest BCUT2D eigenvalue weighted by atomic mass is 10.3. The Hall–Kier alpha value is -2.83. The molecular formula is C12H8ClN5O3. The van der Waals surface area contributed by atoms with Crippen molar-refractivity contribution in [2.45, 2.75) is 0 Å². The predicted molar refractivity (Wildman–Crippen MR) is 75.0 cm³/mol. The standard InChI is InChI=1S/C12H8ClN5O3/c1-21-12(20)11-9(15-17-14)6-10(19)18(16-11)8-4-2-7(13)3-5-8/h2-6H,1H3. The van der Waals surface area contributed by atoms with Crippen LogP contribution in [0.1, 0.15) is 10.5 Å². The Kier molecular flexibility index (Phi) is 4.22. The van der Waals surface area contributed by atoms with Crippen molar-refractivity contribution in [3.63, 3.8) is 0 Å². The number of carbonyl (C=O) groups is 1. The minimum absolute atomic E-state index is 0.195. The highest BCUT2D eigenvalue weighted by Crippen LogP contribution is 2.17. The number of benzene rings is 1. The molecule has 1 heterocycles. The van der Waals surface area contributed by atoms with Crippen molar-refractivity contribution in [1.82, 2.24) is 9.78 Å². The number of esters is 1. The maximum Gasteiger partial charge on any atom is 0.359 e. The number of azide groups is 1. The van der Waals surface area contributed by atoms with E-state index in [0.29, 0.717) is 10.7 Å². The lowest BCUT2D eigenvalue weighted by Crippen LogP contribution is -2.23. The molecule has 0 atom stereocenters. The molecule has 1 aromatic carbocycles. The first kappa shape index (κ1) is 14.6. The van der Waals surface area contributed by atoms with Gasteiger partial charge in [-0.3, -0.25) is 4.79 Å². The number of rotatable bonds is 3. The number of hydrogen-bond donors (Lipinski definition) is 0. The molecule has 2 aromatic rings. The molecule has 0 radical (unpaired) electrons. The van der Waals surface area contributed by atoms with Crippen molar-refractivity contribution in [2.24, 2.45) is 5.11 Å². The summed E-state index contributed by atoms with van der Waals surface area (Å²) in [7, 11) is 1.15. The molecule has 0 unspecified atom stereocenters. The van der Waals surface area contributed by atoms with Gasteiger partial charge in [0.15, 0.2) is 5.69 Å². The quantitative estimate of drug-likeness (QED) is 0.375. The summed E-state index contributed by atoms with van der Waals surface area (Å²) in [5.41, 5.74) is 7.85. The number of ether oxygens (including phenoxy) is 1. The first-order valence-corrected chi connectivity index (χ1v) is 5.98. The Morgan fingerprint density at radius 2 is 2.10 bits per heavy atom. The molecule has 21 heavy (non-hydrogen) atoms. The van der Waals surface area contributed by atoms with Crippen LogP contribution >= 0.6 is 11.6 Å². The van der Waals surface area contributed by atoms with Gasteiger partial charge >= 0.3 is 5.97 Å². The SMILES string of the molecule is COC(=O)c1nn(-c2ccc(Cl)cc2)c(=O)cc1N=[N+]=[N-]. The maximum atomic E-state index is 12.0. The van der Waals surface area contributed by atoms with Gasteiger partial charge in [-0.2, -0.15) is 9.78 Å². The van der Waals surface area contributed by atoms with Crippen LogP contribution in [0.25, 0.3) is 16.1 Å². The number of halogens is 1. The summed E-state index contributed by atoms with van der Waals surface area (Å²) in [6.45, 7) is 0. The summed E-state index contributed by atoms with van der Waals surface area (Å²) in [6, 6.07) is 7.28. The van der Waals surface area contributed by atoms with Crippen LogP contribution in [0.15, 0.2) is 40.2 Å². The smallest absolute Gasteiger partial charge is 0.359 e. The van der Waals surface area contributed by atoms with E-state index in [1.54, 1.807) is 24.3 Å². The van der Waals surface area contributed by atoms with Gasteiger partial charge in [0.05, 0.1) is 18.5 Å². The first-order valence-electron chi connectivity index (χ1n) is 5.60. The van der Waals surface area contributed by atoms with Gasteiger partial charge in [-0.25, -0.2) is 4.79 Å². The summed E-state index contributed by atoms with van der Waals surface area (Å²) in [4.78, 5) is 26.2. The molecule has 0 aliphatic carbocycles. The first-order chi connectivity index (χ1) is 10.1. The molecule has 106 valence electrons. The fourth-order valence-electron chi connectivity index (χ4n) is 1.58. The fraction of sp³-hybridized carbons (Fsp3) is 0.0833. The van der Waals surface area contributed by atoms with Crippen LogP contribution in [-0.4, -0.2) is 22.9 Å². The van der Waals surface area contributed by atoms with Crippen LogP contribution in [0, 0.1) is 0 Å².